The summed E-state index contributed by atoms with van der Waals surface area (Å²) in [6, 6.07) is 1.05. The van der Waals surface area contributed by atoms with Crippen molar-refractivity contribution < 1.29 is 18.6 Å². The first kappa shape index (κ1) is 11.0. The van der Waals surface area contributed by atoms with Gasteiger partial charge in [0.25, 0.3) is 12.3 Å². The minimum atomic E-state index is -2.72. The summed E-state index contributed by atoms with van der Waals surface area (Å²) in [6.07, 6.45) is -2.72. The van der Waals surface area contributed by atoms with Crippen LogP contribution in [0, 0.1) is 0 Å². The van der Waals surface area contributed by atoms with Gasteiger partial charge in [0.05, 0.1) is 13.0 Å². The average Bonchev–Trinajstić information content (AvgIpc) is 2.17. The van der Waals surface area contributed by atoms with Crippen molar-refractivity contribution in [3.63, 3.8) is 0 Å². The van der Waals surface area contributed by atoms with E-state index >= 15 is 0 Å². The lowest BCUT2D eigenvalue weighted by Gasteiger charge is -2.08. The van der Waals surface area contributed by atoms with Crippen molar-refractivity contribution in [2.45, 2.75) is 12.3 Å². The molecule has 0 spiro atoms. The van der Waals surface area contributed by atoms with Crippen molar-refractivity contribution in [2.24, 2.45) is 0 Å². The number of aromatic nitrogens is 1. The SMILES string of the molecule is COc1nc(C(F)F)cc(CCl)c1O. The molecule has 0 fully saturated rings. The number of hydrogen-bond donors (Lipinski definition) is 1. The van der Waals surface area contributed by atoms with E-state index in [0.29, 0.717) is 0 Å². The van der Waals surface area contributed by atoms with Crippen molar-refractivity contribution in [3.8, 4) is 11.6 Å². The van der Waals surface area contributed by atoms with E-state index in [1.165, 1.54) is 7.11 Å². The topological polar surface area (TPSA) is 42.4 Å². The number of halogens is 3. The maximum absolute atomic E-state index is 12.3. The van der Waals surface area contributed by atoms with Crippen LogP contribution in [0.25, 0.3) is 0 Å². The van der Waals surface area contributed by atoms with E-state index in [9.17, 15) is 13.9 Å². The van der Waals surface area contributed by atoms with E-state index in [0.717, 1.165) is 6.07 Å². The standard InChI is InChI=1S/C8H8ClF2NO2/c1-14-8-6(13)4(3-9)2-5(12-8)7(10)11/h2,7,13H,3H2,1H3. The Hall–Kier alpha value is -1.10. The smallest absolute Gasteiger partial charge is 0.280 e. The first-order chi connectivity index (χ1) is 6.60. The number of ether oxygens (including phenoxy) is 1. The molecule has 0 aliphatic heterocycles. The Kier molecular flexibility index (Phi) is 3.46. The molecule has 1 N–H and O–H groups in total. The van der Waals surface area contributed by atoms with Gasteiger partial charge in [0.2, 0.25) is 0 Å². The second-order valence-corrected chi connectivity index (χ2v) is 2.77. The fraction of sp³-hybridized carbons (Fsp3) is 0.375. The first-order valence-corrected chi connectivity index (χ1v) is 4.24. The van der Waals surface area contributed by atoms with Crippen LogP contribution in [0.15, 0.2) is 6.07 Å². The van der Waals surface area contributed by atoms with Crippen LogP contribution in [0.5, 0.6) is 11.6 Å². The Morgan fingerprint density at radius 2 is 2.29 bits per heavy atom. The third-order valence-corrected chi connectivity index (χ3v) is 1.91. The molecular formula is C8H8ClF2NO2. The lowest BCUT2D eigenvalue weighted by molar-refractivity contribution is 0.144. The Morgan fingerprint density at radius 1 is 1.64 bits per heavy atom. The second kappa shape index (κ2) is 4.41. The van der Waals surface area contributed by atoms with Gasteiger partial charge in [-0.1, -0.05) is 0 Å². The van der Waals surface area contributed by atoms with Crippen LogP contribution in [0.4, 0.5) is 8.78 Å². The molecule has 0 unspecified atom stereocenters. The summed E-state index contributed by atoms with van der Waals surface area (Å²) in [5.41, 5.74) is -0.288. The minimum Gasteiger partial charge on any atom is -0.503 e. The average molecular weight is 224 g/mol. The van der Waals surface area contributed by atoms with Crippen molar-refractivity contribution in [1.82, 2.24) is 4.98 Å². The third kappa shape index (κ3) is 2.04. The number of methoxy groups -OCH3 is 1. The Bertz CT molecular complexity index is 308. The summed E-state index contributed by atoms with van der Waals surface area (Å²) in [5, 5.41) is 9.38. The molecule has 0 aliphatic carbocycles. The number of pyridine rings is 1. The molecule has 0 bridgehead atoms. The summed E-state index contributed by atoms with van der Waals surface area (Å²) in [6.45, 7) is 0. The van der Waals surface area contributed by atoms with Crippen LogP contribution in [0.3, 0.4) is 0 Å². The molecule has 1 heterocycles. The Morgan fingerprint density at radius 3 is 2.71 bits per heavy atom. The molecule has 0 radical (unpaired) electrons. The van der Waals surface area contributed by atoms with Gasteiger partial charge in [0, 0.05) is 5.56 Å². The number of aromatic hydroxyl groups is 1. The molecule has 1 aromatic rings. The third-order valence-electron chi connectivity index (χ3n) is 1.62. The fourth-order valence-electron chi connectivity index (χ4n) is 0.943. The van der Waals surface area contributed by atoms with E-state index in [2.05, 4.69) is 9.72 Å². The van der Waals surface area contributed by atoms with Crippen LogP contribution in [0.2, 0.25) is 0 Å². The van der Waals surface area contributed by atoms with Gasteiger partial charge < -0.3 is 9.84 Å². The number of rotatable bonds is 3. The Balaban J connectivity index is 3.25. The van der Waals surface area contributed by atoms with E-state index in [1.807, 2.05) is 0 Å². The zero-order valence-electron chi connectivity index (χ0n) is 7.30. The van der Waals surface area contributed by atoms with Crippen LogP contribution in [-0.2, 0) is 5.88 Å². The predicted octanol–water partition coefficient (Wildman–Crippen LogP) is 2.47. The highest BCUT2D eigenvalue weighted by molar-refractivity contribution is 6.17. The summed E-state index contributed by atoms with van der Waals surface area (Å²) < 4.78 is 29.2. The predicted molar refractivity (Wildman–Crippen MR) is 47.0 cm³/mol. The molecule has 0 aliphatic rings. The van der Waals surface area contributed by atoms with Crippen molar-refractivity contribution in [3.05, 3.63) is 17.3 Å². The van der Waals surface area contributed by atoms with Gasteiger partial charge in [-0.05, 0) is 6.07 Å². The van der Waals surface area contributed by atoms with E-state index < -0.39 is 12.1 Å². The number of hydrogen-bond acceptors (Lipinski definition) is 3. The molecule has 0 saturated heterocycles. The molecule has 1 rings (SSSR count). The summed E-state index contributed by atoms with van der Waals surface area (Å²) in [7, 11) is 1.23. The van der Waals surface area contributed by atoms with E-state index in [-0.39, 0.29) is 23.1 Å². The largest absolute Gasteiger partial charge is 0.503 e. The van der Waals surface area contributed by atoms with Gasteiger partial charge in [-0.2, -0.15) is 0 Å². The maximum atomic E-state index is 12.3. The molecule has 0 aromatic carbocycles. The monoisotopic (exact) mass is 223 g/mol. The summed E-state index contributed by atoms with van der Waals surface area (Å²) >= 11 is 5.45. The highest BCUT2D eigenvalue weighted by Crippen LogP contribution is 2.32. The van der Waals surface area contributed by atoms with Crippen molar-refractivity contribution in [2.75, 3.05) is 7.11 Å². The molecule has 6 heteroatoms. The minimum absolute atomic E-state index is 0.0789. The van der Waals surface area contributed by atoms with Crippen LogP contribution in [0.1, 0.15) is 17.7 Å². The summed E-state index contributed by atoms with van der Waals surface area (Å²) in [4.78, 5) is 3.42. The van der Waals surface area contributed by atoms with Crippen molar-refractivity contribution in [1.29, 1.82) is 0 Å². The molecule has 14 heavy (non-hydrogen) atoms. The lowest BCUT2D eigenvalue weighted by atomic mass is 10.2. The van der Waals surface area contributed by atoms with Gasteiger partial charge in [-0.15, -0.1) is 11.6 Å². The van der Waals surface area contributed by atoms with Crippen molar-refractivity contribution >= 4 is 11.6 Å². The zero-order chi connectivity index (χ0) is 10.7. The van der Waals surface area contributed by atoms with Crippen LogP contribution < -0.4 is 4.74 Å². The number of alkyl halides is 3. The Labute approximate surface area is 84.3 Å². The highest BCUT2D eigenvalue weighted by Gasteiger charge is 2.16. The second-order valence-electron chi connectivity index (χ2n) is 2.50. The molecule has 0 atom stereocenters. The lowest BCUT2D eigenvalue weighted by Crippen LogP contribution is -1.97. The van der Waals surface area contributed by atoms with E-state index in [4.69, 9.17) is 11.6 Å². The molecule has 0 amide bonds. The first-order valence-electron chi connectivity index (χ1n) is 3.71. The van der Waals surface area contributed by atoms with Gasteiger partial charge in [-0.25, -0.2) is 13.8 Å². The maximum Gasteiger partial charge on any atom is 0.280 e. The van der Waals surface area contributed by atoms with E-state index in [1.54, 1.807) is 0 Å². The quantitative estimate of drug-likeness (QED) is 0.801. The van der Waals surface area contributed by atoms with Crippen LogP contribution >= 0.6 is 11.6 Å². The zero-order valence-corrected chi connectivity index (χ0v) is 8.05. The fourth-order valence-corrected chi connectivity index (χ4v) is 1.15. The molecule has 0 saturated carbocycles. The molecular weight excluding hydrogens is 216 g/mol. The highest BCUT2D eigenvalue weighted by atomic mass is 35.5. The molecule has 3 nitrogen and oxygen atoms in total. The van der Waals surface area contributed by atoms with Crippen LogP contribution in [-0.4, -0.2) is 17.2 Å². The van der Waals surface area contributed by atoms with Gasteiger partial charge in [0.15, 0.2) is 5.75 Å². The normalized spacial score (nSPS) is 10.6. The van der Waals surface area contributed by atoms with Gasteiger partial charge >= 0.3 is 0 Å². The summed E-state index contributed by atoms with van der Waals surface area (Å²) in [5.74, 6) is -0.616. The molecule has 78 valence electrons. The van der Waals surface area contributed by atoms with Gasteiger partial charge in [-0.3, -0.25) is 0 Å². The number of nitrogens with zero attached hydrogens (tertiary/aromatic N) is 1. The van der Waals surface area contributed by atoms with Gasteiger partial charge in [0.1, 0.15) is 5.69 Å². The molecule has 1 aromatic heterocycles.